The van der Waals surface area contributed by atoms with Crippen molar-refractivity contribution in [1.29, 1.82) is 0 Å². The largest absolute Gasteiger partial charge is 0.378 e. The van der Waals surface area contributed by atoms with Crippen LogP contribution in [0.15, 0.2) is 15.9 Å². The van der Waals surface area contributed by atoms with Crippen LogP contribution in [0.5, 0.6) is 0 Å². The number of thiophene rings is 1. The summed E-state index contributed by atoms with van der Waals surface area (Å²) in [6.45, 7) is 2.47. The van der Waals surface area contributed by atoms with Gasteiger partial charge in [-0.3, -0.25) is 4.79 Å². The van der Waals surface area contributed by atoms with Gasteiger partial charge in [-0.25, -0.2) is 0 Å². The van der Waals surface area contributed by atoms with E-state index < -0.39 is 5.38 Å². The number of amides is 1. The molecule has 1 fully saturated rings. The minimum Gasteiger partial charge on any atom is -0.378 e. The molecule has 1 aliphatic heterocycles. The quantitative estimate of drug-likeness (QED) is 0.783. The van der Waals surface area contributed by atoms with E-state index in [0.717, 1.165) is 8.66 Å². The highest BCUT2D eigenvalue weighted by Gasteiger charge is 2.26. The van der Waals surface area contributed by atoms with Crippen molar-refractivity contribution in [3.8, 4) is 0 Å². The average Bonchev–Trinajstić information content (AvgIpc) is 2.75. The zero-order valence-corrected chi connectivity index (χ0v) is 11.6. The molecule has 0 bridgehead atoms. The summed E-state index contributed by atoms with van der Waals surface area (Å²) in [4.78, 5) is 14.7. The lowest BCUT2D eigenvalue weighted by molar-refractivity contribution is -0.134. The average molecular weight is 325 g/mol. The molecule has 0 aromatic carbocycles. The first kappa shape index (κ1) is 12.4. The van der Waals surface area contributed by atoms with Gasteiger partial charge < -0.3 is 9.64 Å². The highest BCUT2D eigenvalue weighted by molar-refractivity contribution is 9.11. The lowest BCUT2D eigenvalue weighted by Crippen LogP contribution is -2.42. The van der Waals surface area contributed by atoms with E-state index in [0.29, 0.717) is 26.3 Å². The molecule has 1 amide bonds. The lowest BCUT2D eigenvalue weighted by Gasteiger charge is -2.28. The fourth-order valence-electron chi connectivity index (χ4n) is 1.53. The third-order valence-corrected chi connectivity index (χ3v) is 4.62. The van der Waals surface area contributed by atoms with Crippen LogP contribution >= 0.6 is 38.9 Å². The van der Waals surface area contributed by atoms with E-state index in [1.165, 1.54) is 11.3 Å². The second kappa shape index (κ2) is 5.49. The first-order valence-corrected chi connectivity index (χ1v) is 6.99. The number of rotatable bonds is 2. The molecular formula is C10H11BrClNO2S. The summed E-state index contributed by atoms with van der Waals surface area (Å²) in [6, 6.07) is 3.78. The van der Waals surface area contributed by atoms with Crippen molar-refractivity contribution in [2.75, 3.05) is 26.3 Å². The van der Waals surface area contributed by atoms with Gasteiger partial charge in [0.2, 0.25) is 5.91 Å². The molecule has 2 rings (SSSR count). The molecule has 1 aliphatic rings. The molecular weight excluding hydrogens is 314 g/mol. The number of carbonyl (C=O) groups excluding carboxylic acids is 1. The Morgan fingerprint density at radius 2 is 2.19 bits per heavy atom. The van der Waals surface area contributed by atoms with Crippen molar-refractivity contribution < 1.29 is 9.53 Å². The Morgan fingerprint density at radius 1 is 1.50 bits per heavy atom. The maximum Gasteiger partial charge on any atom is 0.246 e. The van der Waals surface area contributed by atoms with Crippen LogP contribution in [0.3, 0.4) is 0 Å². The summed E-state index contributed by atoms with van der Waals surface area (Å²) in [5.74, 6) is -0.0284. The summed E-state index contributed by atoms with van der Waals surface area (Å²) in [5, 5.41) is -0.575. The van der Waals surface area contributed by atoms with Gasteiger partial charge in [0, 0.05) is 18.0 Å². The van der Waals surface area contributed by atoms with Gasteiger partial charge in [-0.1, -0.05) is 0 Å². The molecule has 0 saturated carbocycles. The molecule has 6 heteroatoms. The summed E-state index contributed by atoms with van der Waals surface area (Å²) >= 11 is 11.0. The fraction of sp³-hybridized carbons (Fsp3) is 0.500. The standard InChI is InChI=1S/C10H11BrClNO2S/c11-8-2-1-7(16-8)9(12)10(14)13-3-5-15-6-4-13/h1-2,9H,3-6H2. The molecule has 0 spiro atoms. The number of morpholine rings is 1. The third kappa shape index (κ3) is 2.77. The summed E-state index contributed by atoms with van der Waals surface area (Å²) in [6.07, 6.45) is 0. The maximum absolute atomic E-state index is 12.0. The molecule has 16 heavy (non-hydrogen) atoms. The van der Waals surface area contributed by atoms with E-state index in [1.54, 1.807) is 4.90 Å². The number of nitrogens with zero attached hydrogens (tertiary/aromatic N) is 1. The number of ether oxygens (including phenoxy) is 1. The zero-order chi connectivity index (χ0) is 11.5. The first-order chi connectivity index (χ1) is 7.68. The Morgan fingerprint density at radius 3 is 2.75 bits per heavy atom. The van der Waals surface area contributed by atoms with Crippen LogP contribution in [-0.4, -0.2) is 37.1 Å². The molecule has 0 radical (unpaired) electrons. The molecule has 1 unspecified atom stereocenters. The molecule has 1 atom stereocenters. The zero-order valence-electron chi connectivity index (χ0n) is 8.49. The van der Waals surface area contributed by atoms with E-state index in [-0.39, 0.29) is 5.91 Å². The van der Waals surface area contributed by atoms with Crippen LogP contribution in [-0.2, 0) is 9.53 Å². The molecule has 3 nitrogen and oxygen atoms in total. The lowest BCUT2D eigenvalue weighted by atomic mass is 10.3. The van der Waals surface area contributed by atoms with Gasteiger partial charge in [0.1, 0.15) is 5.38 Å². The topological polar surface area (TPSA) is 29.5 Å². The molecule has 0 N–H and O–H groups in total. The van der Waals surface area contributed by atoms with Gasteiger partial charge in [0.25, 0.3) is 0 Å². The number of hydrogen-bond acceptors (Lipinski definition) is 3. The Hall–Kier alpha value is -0.100. The summed E-state index contributed by atoms with van der Waals surface area (Å²) in [7, 11) is 0. The Balaban J connectivity index is 2.03. The van der Waals surface area contributed by atoms with Crippen LogP contribution in [0.2, 0.25) is 0 Å². The van der Waals surface area contributed by atoms with E-state index in [4.69, 9.17) is 16.3 Å². The molecule has 1 aromatic heterocycles. The number of alkyl halides is 1. The molecule has 0 aliphatic carbocycles. The van der Waals surface area contributed by atoms with Gasteiger partial charge in [0.15, 0.2) is 0 Å². The highest BCUT2D eigenvalue weighted by atomic mass is 79.9. The Bertz CT molecular complexity index is 379. The molecule has 1 saturated heterocycles. The van der Waals surface area contributed by atoms with Crippen molar-refractivity contribution in [2.45, 2.75) is 5.38 Å². The van der Waals surface area contributed by atoms with Crippen LogP contribution in [0.25, 0.3) is 0 Å². The summed E-state index contributed by atoms with van der Waals surface area (Å²) < 4.78 is 6.19. The molecule has 1 aromatic rings. The highest BCUT2D eigenvalue weighted by Crippen LogP contribution is 2.32. The minimum atomic E-state index is -0.575. The monoisotopic (exact) mass is 323 g/mol. The van der Waals surface area contributed by atoms with Gasteiger partial charge in [-0.2, -0.15) is 0 Å². The van der Waals surface area contributed by atoms with Crippen molar-refractivity contribution in [3.63, 3.8) is 0 Å². The Labute approximate surface area is 111 Å². The van der Waals surface area contributed by atoms with E-state index in [1.807, 2.05) is 12.1 Å². The van der Waals surface area contributed by atoms with Gasteiger partial charge in [-0.05, 0) is 28.1 Å². The predicted molar refractivity (Wildman–Crippen MR) is 68.0 cm³/mol. The normalized spacial score (nSPS) is 18.5. The van der Waals surface area contributed by atoms with Crippen LogP contribution in [0.4, 0.5) is 0 Å². The SMILES string of the molecule is O=C(C(Cl)c1ccc(Br)s1)N1CCOCC1. The first-order valence-electron chi connectivity index (χ1n) is 4.94. The van der Waals surface area contributed by atoms with Gasteiger partial charge >= 0.3 is 0 Å². The third-order valence-electron chi connectivity index (χ3n) is 2.38. The maximum atomic E-state index is 12.0. The fourth-order valence-corrected chi connectivity index (χ4v) is 3.27. The summed E-state index contributed by atoms with van der Waals surface area (Å²) in [5.41, 5.74) is 0. The molecule has 2 heterocycles. The van der Waals surface area contributed by atoms with E-state index >= 15 is 0 Å². The number of halogens is 2. The van der Waals surface area contributed by atoms with Crippen molar-refractivity contribution in [1.82, 2.24) is 4.90 Å². The second-order valence-electron chi connectivity index (χ2n) is 3.44. The van der Waals surface area contributed by atoms with Crippen LogP contribution in [0, 0.1) is 0 Å². The van der Waals surface area contributed by atoms with Gasteiger partial charge in [-0.15, -0.1) is 22.9 Å². The smallest absolute Gasteiger partial charge is 0.246 e. The van der Waals surface area contributed by atoms with Crippen molar-refractivity contribution in [2.24, 2.45) is 0 Å². The van der Waals surface area contributed by atoms with Crippen molar-refractivity contribution in [3.05, 3.63) is 20.8 Å². The molecule has 88 valence electrons. The minimum absolute atomic E-state index is 0.0284. The van der Waals surface area contributed by atoms with Gasteiger partial charge in [0.05, 0.1) is 17.0 Å². The second-order valence-corrected chi connectivity index (χ2v) is 6.37. The van der Waals surface area contributed by atoms with Crippen LogP contribution < -0.4 is 0 Å². The van der Waals surface area contributed by atoms with E-state index in [9.17, 15) is 4.79 Å². The van der Waals surface area contributed by atoms with Crippen molar-refractivity contribution >= 4 is 44.8 Å². The van der Waals surface area contributed by atoms with E-state index in [2.05, 4.69) is 15.9 Å². The number of hydrogen-bond donors (Lipinski definition) is 0. The Kier molecular flexibility index (Phi) is 4.24. The van der Waals surface area contributed by atoms with Crippen LogP contribution in [0.1, 0.15) is 10.3 Å². The predicted octanol–water partition coefficient (Wildman–Crippen LogP) is 2.65. The number of carbonyl (C=O) groups is 1.